The Morgan fingerprint density at radius 2 is 2.03 bits per heavy atom. The predicted octanol–water partition coefficient (Wildman–Crippen LogP) is 2.50. The summed E-state index contributed by atoms with van der Waals surface area (Å²) < 4.78 is 48.5. The van der Waals surface area contributed by atoms with Gasteiger partial charge in [0.25, 0.3) is 10.0 Å². The van der Waals surface area contributed by atoms with Gasteiger partial charge in [0.1, 0.15) is 6.17 Å². The molecule has 0 aromatic heterocycles. The highest BCUT2D eigenvalue weighted by molar-refractivity contribution is 7.93. The summed E-state index contributed by atoms with van der Waals surface area (Å²) in [6.07, 6.45) is 13.2. The monoisotopic (exact) mass is 421 g/mol. The summed E-state index contributed by atoms with van der Waals surface area (Å²) in [4.78, 5) is 1.78. The number of nitrogens with zero attached hydrogens (tertiary/aromatic N) is 1. The maximum Gasteiger partial charge on any atom is 0.259 e. The van der Waals surface area contributed by atoms with Crippen LogP contribution in [0.4, 0.5) is 4.39 Å². The second-order valence-electron chi connectivity index (χ2n) is 7.43. The number of methoxy groups -OCH3 is 1. The van der Waals surface area contributed by atoms with Gasteiger partial charge < -0.3 is 15.0 Å². The Morgan fingerprint density at radius 3 is 2.72 bits per heavy atom. The number of sulfonamides is 1. The van der Waals surface area contributed by atoms with E-state index in [2.05, 4.69) is 23.0 Å². The van der Waals surface area contributed by atoms with Crippen LogP contribution in [0.3, 0.4) is 0 Å². The van der Waals surface area contributed by atoms with Crippen LogP contribution in [0.1, 0.15) is 13.3 Å². The third-order valence-electron chi connectivity index (χ3n) is 5.27. The minimum Gasteiger partial charge on any atom is -0.482 e. The largest absolute Gasteiger partial charge is 0.482 e. The van der Waals surface area contributed by atoms with Gasteiger partial charge in [-0.3, -0.25) is 4.72 Å². The molecule has 158 valence electrons. The second kappa shape index (κ2) is 9.00. The molecule has 8 heteroatoms. The Bertz CT molecular complexity index is 915. The van der Waals surface area contributed by atoms with E-state index in [-0.39, 0.29) is 4.91 Å². The Kier molecular flexibility index (Phi) is 6.64. The van der Waals surface area contributed by atoms with Crippen LogP contribution < -0.4 is 10.0 Å². The molecule has 2 N–H and O–H groups in total. The van der Waals surface area contributed by atoms with E-state index in [1.165, 1.54) is 18.2 Å². The molecule has 29 heavy (non-hydrogen) atoms. The Hall–Kier alpha value is -2.32. The zero-order valence-electron chi connectivity index (χ0n) is 16.9. The number of hydrogen-bond donors (Lipinski definition) is 2. The van der Waals surface area contributed by atoms with Crippen molar-refractivity contribution in [2.45, 2.75) is 25.6 Å². The van der Waals surface area contributed by atoms with Gasteiger partial charge in [-0.25, -0.2) is 12.8 Å². The van der Waals surface area contributed by atoms with Gasteiger partial charge in [0.15, 0.2) is 5.88 Å². The summed E-state index contributed by atoms with van der Waals surface area (Å²) in [6, 6.07) is -0.941. The normalized spacial score (nSPS) is 27.0. The van der Waals surface area contributed by atoms with Gasteiger partial charge in [0, 0.05) is 19.3 Å². The van der Waals surface area contributed by atoms with Gasteiger partial charge >= 0.3 is 0 Å². The van der Waals surface area contributed by atoms with Gasteiger partial charge in [-0.15, -0.1) is 0 Å². The van der Waals surface area contributed by atoms with Crippen LogP contribution in [0.15, 0.2) is 70.7 Å². The fourth-order valence-electron chi connectivity index (χ4n) is 3.56. The molecule has 3 atom stereocenters. The first-order chi connectivity index (χ1) is 13.8. The number of allylic oxidation sites excluding steroid dienone is 7. The average Bonchev–Trinajstić information content (AvgIpc) is 2.68. The quantitative estimate of drug-likeness (QED) is 0.661. The van der Waals surface area contributed by atoms with Crippen LogP contribution in [0.25, 0.3) is 0 Å². The van der Waals surface area contributed by atoms with Crippen LogP contribution in [0.5, 0.6) is 0 Å². The van der Waals surface area contributed by atoms with Crippen molar-refractivity contribution in [3.05, 3.63) is 70.7 Å². The number of alkyl halides is 1. The van der Waals surface area contributed by atoms with Crippen molar-refractivity contribution in [1.29, 1.82) is 0 Å². The number of ether oxygens (including phenoxy) is 1. The van der Waals surface area contributed by atoms with Crippen molar-refractivity contribution in [1.82, 2.24) is 14.9 Å². The molecule has 0 radical (unpaired) electrons. The van der Waals surface area contributed by atoms with E-state index in [1.54, 1.807) is 31.2 Å². The van der Waals surface area contributed by atoms with Gasteiger partial charge in [-0.05, 0) is 36.6 Å². The lowest BCUT2D eigenvalue weighted by Crippen LogP contribution is -2.46. The van der Waals surface area contributed by atoms with E-state index in [0.29, 0.717) is 30.6 Å². The fraction of sp³-hybridized carbons (Fsp3) is 0.429. The van der Waals surface area contributed by atoms with Crippen LogP contribution in [-0.4, -0.2) is 52.8 Å². The van der Waals surface area contributed by atoms with Crippen molar-refractivity contribution in [2.75, 3.05) is 27.2 Å². The Balaban J connectivity index is 1.75. The van der Waals surface area contributed by atoms with Crippen molar-refractivity contribution in [3.8, 4) is 0 Å². The molecule has 3 aliphatic rings. The zero-order chi connectivity index (χ0) is 21.0. The minimum absolute atomic E-state index is 0.00262. The molecule has 0 bridgehead atoms. The van der Waals surface area contributed by atoms with Gasteiger partial charge in [0.05, 0.1) is 24.6 Å². The van der Waals surface area contributed by atoms with E-state index < -0.39 is 22.2 Å². The molecule has 0 saturated heterocycles. The van der Waals surface area contributed by atoms with Gasteiger partial charge in [0.2, 0.25) is 0 Å². The minimum atomic E-state index is -3.92. The lowest BCUT2D eigenvalue weighted by Gasteiger charge is -2.29. The molecule has 1 heterocycles. The van der Waals surface area contributed by atoms with E-state index in [9.17, 15) is 12.8 Å². The van der Waals surface area contributed by atoms with Crippen LogP contribution >= 0.6 is 0 Å². The summed E-state index contributed by atoms with van der Waals surface area (Å²) in [5, 5.41) is 3.11. The summed E-state index contributed by atoms with van der Waals surface area (Å²) in [6.45, 7) is 2.88. The molecule has 2 aliphatic carbocycles. The van der Waals surface area contributed by atoms with Crippen LogP contribution in [0.2, 0.25) is 0 Å². The van der Waals surface area contributed by atoms with Crippen molar-refractivity contribution < 1.29 is 17.5 Å². The second-order valence-corrected chi connectivity index (χ2v) is 9.11. The van der Waals surface area contributed by atoms with E-state index in [0.717, 1.165) is 12.0 Å². The van der Waals surface area contributed by atoms with E-state index in [4.69, 9.17) is 4.74 Å². The smallest absolute Gasteiger partial charge is 0.259 e. The van der Waals surface area contributed by atoms with Crippen molar-refractivity contribution >= 4 is 10.0 Å². The molecule has 1 aliphatic heterocycles. The third-order valence-corrected chi connectivity index (χ3v) is 6.81. The molecule has 0 aromatic carbocycles. The topological polar surface area (TPSA) is 70.7 Å². The van der Waals surface area contributed by atoms with E-state index in [1.807, 2.05) is 12.2 Å². The molecular formula is C21H28FN3O3S. The van der Waals surface area contributed by atoms with Crippen LogP contribution in [-0.2, 0) is 14.8 Å². The first-order valence-electron chi connectivity index (χ1n) is 9.62. The molecule has 0 saturated carbocycles. The van der Waals surface area contributed by atoms with Crippen molar-refractivity contribution in [2.24, 2.45) is 5.92 Å². The predicted molar refractivity (Wildman–Crippen MR) is 113 cm³/mol. The lowest BCUT2D eigenvalue weighted by molar-refractivity contribution is 0.178. The molecule has 0 spiro atoms. The van der Waals surface area contributed by atoms with Gasteiger partial charge in [-0.2, -0.15) is 0 Å². The number of rotatable bonds is 7. The summed E-state index contributed by atoms with van der Waals surface area (Å²) in [5.41, 5.74) is 1.62. The highest BCUT2D eigenvalue weighted by Crippen LogP contribution is 2.25. The van der Waals surface area contributed by atoms with Crippen LogP contribution in [0, 0.1) is 5.92 Å². The fourth-order valence-corrected chi connectivity index (χ4v) is 4.96. The SMILES string of the molecule is COC1=CC=C(NS(=O)(=O)C2=CC=CC(F)C2NCC2=CC=CCC2C)CN1C. The van der Waals surface area contributed by atoms with E-state index >= 15 is 0 Å². The highest BCUT2D eigenvalue weighted by atomic mass is 32.2. The average molecular weight is 422 g/mol. The number of hydrogen-bond acceptors (Lipinski definition) is 5. The zero-order valence-corrected chi connectivity index (χ0v) is 17.7. The first-order valence-corrected chi connectivity index (χ1v) is 11.1. The summed E-state index contributed by atoms with van der Waals surface area (Å²) >= 11 is 0. The maximum atomic E-state index is 14.7. The number of nitrogens with one attached hydrogen (secondary N) is 2. The molecular weight excluding hydrogens is 393 g/mol. The molecule has 0 amide bonds. The first kappa shape index (κ1) is 21.4. The highest BCUT2D eigenvalue weighted by Gasteiger charge is 2.34. The standard InChI is InChI=1S/C21H28FN3O3S/c1-15-7-4-5-8-16(15)13-23-21-18(22)9-6-10-19(21)29(26,27)24-17-11-12-20(28-3)25(2)14-17/h4-6,8-12,15,18,21,23-24H,7,13-14H2,1-3H3. The number of halogens is 1. The molecule has 6 nitrogen and oxygen atoms in total. The Labute approximate surface area is 172 Å². The molecule has 3 unspecified atom stereocenters. The number of likely N-dealkylation sites (N-methyl/N-ethyl adjacent to an activating group) is 1. The lowest BCUT2D eigenvalue weighted by atomic mass is 9.93. The third kappa shape index (κ3) is 5.00. The van der Waals surface area contributed by atoms with Crippen molar-refractivity contribution in [3.63, 3.8) is 0 Å². The summed E-state index contributed by atoms with van der Waals surface area (Å²) in [7, 11) is -0.564. The maximum absolute atomic E-state index is 14.7. The van der Waals surface area contributed by atoms with Gasteiger partial charge in [-0.1, -0.05) is 36.8 Å². The molecule has 0 aromatic rings. The molecule has 3 rings (SSSR count). The Morgan fingerprint density at radius 1 is 1.24 bits per heavy atom. The molecule has 0 fully saturated rings. The summed E-state index contributed by atoms with van der Waals surface area (Å²) in [5.74, 6) is 0.983.